The van der Waals surface area contributed by atoms with E-state index >= 15 is 0 Å². The number of carbonyl (C=O) groups is 2. The van der Waals surface area contributed by atoms with Crippen molar-refractivity contribution < 1.29 is 9.59 Å². The van der Waals surface area contributed by atoms with E-state index in [2.05, 4.69) is 16.0 Å². The molecule has 2 heterocycles. The molecule has 3 amide bonds. The highest BCUT2D eigenvalue weighted by Crippen LogP contribution is 2.17. The number of hydrogen-bond donors (Lipinski definition) is 3. The van der Waals surface area contributed by atoms with Crippen LogP contribution in [0.4, 0.5) is 10.5 Å². The molecule has 7 heteroatoms. The second-order valence-corrected chi connectivity index (χ2v) is 6.25. The fraction of sp³-hybridized carbons (Fsp3) is 0.529. The van der Waals surface area contributed by atoms with Crippen LogP contribution in [0.3, 0.4) is 0 Å². The lowest BCUT2D eigenvalue weighted by molar-refractivity contribution is -0.136. The van der Waals surface area contributed by atoms with Gasteiger partial charge in [0.25, 0.3) is 0 Å². The summed E-state index contributed by atoms with van der Waals surface area (Å²) in [5.74, 6) is 0.406. The second-order valence-electron chi connectivity index (χ2n) is 6.25. The van der Waals surface area contributed by atoms with Crippen LogP contribution in [-0.2, 0) is 4.79 Å². The van der Waals surface area contributed by atoms with Crippen LogP contribution >= 0.6 is 12.4 Å². The van der Waals surface area contributed by atoms with Crippen molar-refractivity contribution in [3.8, 4) is 0 Å². The molecule has 6 nitrogen and oxygen atoms in total. The maximum absolute atomic E-state index is 12.4. The maximum Gasteiger partial charge on any atom is 0.319 e. The molecular formula is C17H25ClN4O2. The van der Waals surface area contributed by atoms with Crippen LogP contribution in [0.1, 0.15) is 19.3 Å². The number of amides is 3. The predicted octanol–water partition coefficient (Wildman–Crippen LogP) is 1.83. The van der Waals surface area contributed by atoms with Crippen molar-refractivity contribution >= 4 is 30.0 Å². The summed E-state index contributed by atoms with van der Waals surface area (Å²) >= 11 is 0. The Morgan fingerprint density at radius 3 is 2.42 bits per heavy atom. The standard InChI is InChI=1S/C17H24N4O2.ClH/c22-16(13-6-9-18-12-13)21-10-7-15(8-11-21)20-17(23)19-14-4-2-1-3-5-14;/h1-5,13,15,18H,6-12H2,(H2,19,20,23);1H. The summed E-state index contributed by atoms with van der Waals surface area (Å²) in [6, 6.07) is 9.35. The summed E-state index contributed by atoms with van der Waals surface area (Å²) in [5.41, 5.74) is 0.784. The van der Waals surface area contributed by atoms with Gasteiger partial charge in [0, 0.05) is 31.4 Å². The Labute approximate surface area is 148 Å². The van der Waals surface area contributed by atoms with Crippen molar-refractivity contribution in [3.05, 3.63) is 30.3 Å². The highest BCUT2D eigenvalue weighted by atomic mass is 35.5. The molecule has 2 fully saturated rings. The Hall–Kier alpha value is -1.79. The Morgan fingerprint density at radius 2 is 1.79 bits per heavy atom. The number of hydrogen-bond acceptors (Lipinski definition) is 3. The number of piperidine rings is 1. The SMILES string of the molecule is Cl.O=C(Nc1ccccc1)NC1CCN(C(=O)C2CCNC2)CC1. The number of carbonyl (C=O) groups excluding carboxylic acids is 2. The van der Waals surface area contributed by atoms with Gasteiger partial charge in [-0.1, -0.05) is 18.2 Å². The smallest absolute Gasteiger partial charge is 0.319 e. The van der Waals surface area contributed by atoms with Crippen molar-refractivity contribution in [1.82, 2.24) is 15.5 Å². The van der Waals surface area contributed by atoms with E-state index in [1.807, 2.05) is 35.2 Å². The molecule has 1 aromatic carbocycles. The zero-order valence-electron chi connectivity index (χ0n) is 13.7. The van der Waals surface area contributed by atoms with E-state index in [1.165, 1.54) is 0 Å². The number of para-hydroxylation sites is 1. The third kappa shape index (κ3) is 4.85. The van der Waals surface area contributed by atoms with Crippen LogP contribution in [-0.4, -0.2) is 49.1 Å². The molecule has 24 heavy (non-hydrogen) atoms. The van der Waals surface area contributed by atoms with Crippen LogP contribution in [0, 0.1) is 5.92 Å². The summed E-state index contributed by atoms with van der Waals surface area (Å²) in [6.07, 6.45) is 2.57. The molecule has 0 aliphatic carbocycles. The fourth-order valence-electron chi connectivity index (χ4n) is 3.24. The third-order valence-electron chi connectivity index (χ3n) is 4.58. The Morgan fingerprint density at radius 1 is 1.08 bits per heavy atom. The Balaban J connectivity index is 0.00000208. The largest absolute Gasteiger partial charge is 0.342 e. The zero-order valence-corrected chi connectivity index (χ0v) is 14.5. The summed E-state index contributed by atoms with van der Waals surface area (Å²) < 4.78 is 0. The topological polar surface area (TPSA) is 73.5 Å². The molecule has 3 N–H and O–H groups in total. The second kappa shape index (κ2) is 8.89. The van der Waals surface area contributed by atoms with E-state index in [9.17, 15) is 9.59 Å². The van der Waals surface area contributed by atoms with E-state index in [1.54, 1.807) is 0 Å². The molecule has 1 unspecified atom stereocenters. The molecule has 132 valence electrons. The average Bonchev–Trinajstić information content (AvgIpc) is 3.10. The predicted molar refractivity (Wildman–Crippen MR) is 96.4 cm³/mol. The minimum atomic E-state index is -0.180. The van der Waals surface area contributed by atoms with Gasteiger partial charge in [-0.25, -0.2) is 4.79 Å². The molecule has 0 spiro atoms. The number of rotatable bonds is 3. The number of nitrogens with zero attached hydrogens (tertiary/aromatic N) is 1. The number of benzene rings is 1. The number of nitrogens with one attached hydrogen (secondary N) is 3. The van der Waals surface area contributed by atoms with Crippen molar-refractivity contribution in [1.29, 1.82) is 0 Å². The highest BCUT2D eigenvalue weighted by molar-refractivity contribution is 5.89. The van der Waals surface area contributed by atoms with Crippen LogP contribution in [0.5, 0.6) is 0 Å². The monoisotopic (exact) mass is 352 g/mol. The lowest BCUT2D eigenvalue weighted by Crippen LogP contribution is -2.49. The van der Waals surface area contributed by atoms with E-state index in [4.69, 9.17) is 0 Å². The van der Waals surface area contributed by atoms with Crippen molar-refractivity contribution in [2.75, 3.05) is 31.5 Å². The minimum absolute atomic E-state index is 0. The first-order chi connectivity index (χ1) is 11.2. The van der Waals surface area contributed by atoms with Crippen LogP contribution in [0.2, 0.25) is 0 Å². The molecule has 2 saturated heterocycles. The maximum atomic E-state index is 12.4. The summed E-state index contributed by atoms with van der Waals surface area (Å²) in [4.78, 5) is 26.3. The van der Waals surface area contributed by atoms with Gasteiger partial charge in [0.05, 0.1) is 5.92 Å². The van der Waals surface area contributed by atoms with Gasteiger partial charge >= 0.3 is 6.03 Å². The van der Waals surface area contributed by atoms with Crippen molar-refractivity contribution in [3.63, 3.8) is 0 Å². The zero-order chi connectivity index (χ0) is 16.1. The minimum Gasteiger partial charge on any atom is -0.342 e. The molecule has 2 aliphatic rings. The van der Waals surface area contributed by atoms with Crippen LogP contribution < -0.4 is 16.0 Å². The van der Waals surface area contributed by atoms with E-state index in [0.29, 0.717) is 0 Å². The van der Waals surface area contributed by atoms with E-state index in [-0.39, 0.29) is 36.3 Å². The number of halogens is 1. The van der Waals surface area contributed by atoms with Gasteiger partial charge < -0.3 is 20.9 Å². The van der Waals surface area contributed by atoms with Gasteiger partial charge in [-0.2, -0.15) is 0 Å². The molecule has 2 aliphatic heterocycles. The van der Waals surface area contributed by atoms with Gasteiger partial charge in [0.1, 0.15) is 0 Å². The van der Waals surface area contributed by atoms with Gasteiger partial charge in [-0.15, -0.1) is 12.4 Å². The van der Waals surface area contributed by atoms with Crippen LogP contribution in [0.25, 0.3) is 0 Å². The van der Waals surface area contributed by atoms with Crippen molar-refractivity contribution in [2.45, 2.75) is 25.3 Å². The first kappa shape index (κ1) is 18.5. The number of likely N-dealkylation sites (tertiary alicyclic amines) is 1. The molecule has 0 aromatic heterocycles. The molecule has 3 rings (SSSR count). The lowest BCUT2D eigenvalue weighted by Gasteiger charge is -2.33. The fourth-order valence-corrected chi connectivity index (χ4v) is 3.24. The third-order valence-corrected chi connectivity index (χ3v) is 4.58. The van der Waals surface area contributed by atoms with Gasteiger partial charge in [-0.05, 0) is 37.9 Å². The average molecular weight is 353 g/mol. The Bertz CT molecular complexity index is 541. The van der Waals surface area contributed by atoms with Crippen molar-refractivity contribution in [2.24, 2.45) is 5.92 Å². The molecule has 1 aromatic rings. The Kier molecular flexibility index (Phi) is 6.87. The summed E-state index contributed by atoms with van der Waals surface area (Å²) in [6.45, 7) is 3.20. The summed E-state index contributed by atoms with van der Waals surface area (Å²) in [5, 5.41) is 9.06. The first-order valence-electron chi connectivity index (χ1n) is 8.34. The normalized spacial score (nSPS) is 21.0. The summed E-state index contributed by atoms with van der Waals surface area (Å²) in [7, 11) is 0. The first-order valence-corrected chi connectivity index (χ1v) is 8.34. The van der Waals surface area contributed by atoms with E-state index in [0.717, 1.165) is 51.1 Å². The number of urea groups is 1. The van der Waals surface area contributed by atoms with Gasteiger partial charge in [-0.3, -0.25) is 4.79 Å². The molecule has 1 atom stereocenters. The lowest BCUT2D eigenvalue weighted by atomic mass is 10.0. The van der Waals surface area contributed by atoms with Gasteiger partial charge in [0.15, 0.2) is 0 Å². The highest BCUT2D eigenvalue weighted by Gasteiger charge is 2.30. The molecular weight excluding hydrogens is 328 g/mol. The quantitative estimate of drug-likeness (QED) is 0.777. The number of anilines is 1. The van der Waals surface area contributed by atoms with Gasteiger partial charge in [0.2, 0.25) is 5.91 Å². The van der Waals surface area contributed by atoms with Crippen LogP contribution in [0.15, 0.2) is 30.3 Å². The molecule has 0 radical (unpaired) electrons. The van der Waals surface area contributed by atoms with E-state index < -0.39 is 0 Å². The molecule has 0 saturated carbocycles. The molecule has 0 bridgehead atoms.